The highest BCUT2D eigenvalue weighted by molar-refractivity contribution is 6.36. The number of carbonyl (C=O) groups excluding carboxylic acids is 1. The van der Waals surface area contributed by atoms with Gasteiger partial charge in [-0.15, -0.1) is 0 Å². The highest BCUT2D eigenvalue weighted by Crippen LogP contribution is 2.40. The molecule has 0 aliphatic carbocycles. The molecule has 0 aromatic carbocycles. The summed E-state index contributed by atoms with van der Waals surface area (Å²) in [4.78, 5) is 24.7. The second kappa shape index (κ2) is 8.18. The maximum atomic E-state index is 14.3. The Morgan fingerprint density at radius 2 is 2.16 bits per heavy atom. The third-order valence-electron chi connectivity index (χ3n) is 7.02. The van der Waals surface area contributed by atoms with Gasteiger partial charge in [-0.2, -0.15) is 5.10 Å². The second-order valence-corrected chi connectivity index (χ2v) is 9.13. The lowest BCUT2D eigenvalue weighted by molar-refractivity contribution is -0.119. The Morgan fingerprint density at radius 1 is 1.31 bits per heavy atom. The predicted molar refractivity (Wildman–Crippen MR) is 124 cm³/mol. The van der Waals surface area contributed by atoms with E-state index in [9.17, 15) is 9.18 Å². The molecule has 1 N–H and O–H groups in total. The quantitative estimate of drug-likeness (QED) is 0.623. The van der Waals surface area contributed by atoms with Crippen molar-refractivity contribution in [2.24, 2.45) is 5.92 Å². The molecule has 2 aliphatic rings. The van der Waals surface area contributed by atoms with Crippen LogP contribution >= 0.6 is 0 Å². The van der Waals surface area contributed by atoms with E-state index in [-0.39, 0.29) is 29.5 Å². The lowest BCUT2D eigenvalue weighted by Crippen LogP contribution is -2.27. The molecule has 7 nitrogen and oxygen atoms in total. The molecule has 1 saturated heterocycles. The molecule has 3 atom stereocenters. The van der Waals surface area contributed by atoms with E-state index in [1.54, 1.807) is 16.8 Å². The van der Waals surface area contributed by atoms with Crippen molar-refractivity contribution in [3.8, 4) is 0 Å². The van der Waals surface area contributed by atoms with E-state index in [1.165, 1.54) is 6.20 Å². The number of anilines is 2. The van der Waals surface area contributed by atoms with E-state index >= 15 is 0 Å². The number of nitrogens with one attached hydrogen (secondary N) is 1. The number of fused-ring (bicyclic) bond motifs is 5. The SMILES string of the molecule is CBC(C)c1cn2ncc3c2nc1N1CCC[C@@H]1c1cc(F)cnc1CC[C@H](C)C(=O)N3. The number of aryl methyl sites for hydroxylation is 1. The zero-order chi connectivity index (χ0) is 22.4. The number of aromatic nitrogens is 4. The van der Waals surface area contributed by atoms with Gasteiger partial charge in [0.2, 0.25) is 5.91 Å². The molecule has 9 heteroatoms. The third-order valence-corrected chi connectivity index (χ3v) is 7.02. The van der Waals surface area contributed by atoms with Crippen molar-refractivity contribution in [3.05, 3.63) is 47.3 Å². The highest BCUT2D eigenvalue weighted by atomic mass is 19.1. The summed E-state index contributed by atoms with van der Waals surface area (Å²) in [7, 11) is 0.966. The molecule has 2 bridgehead atoms. The topological polar surface area (TPSA) is 75.4 Å². The minimum Gasteiger partial charge on any atom is -0.349 e. The summed E-state index contributed by atoms with van der Waals surface area (Å²) in [6, 6.07) is 1.64. The van der Waals surface area contributed by atoms with E-state index in [1.807, 2.05) is 13.1 Å². The molecule has 5 heterocycles. The fourth-order valence-electron chi connectivity index (χ4n) is 4.87. The van der Waals surface area contributed by atoms with Gasteiger partial charge in [-0.25, -0.2) is 13.9 Å². The molecule has 32 heavy (non-hydrogen) atoms. The molecule has 166 valence electrons. The lowest BCUT2D eigenvalue weighted by atomic mass is 9.65. The Balaban J connectivity index is 1.74. The van der Waals surface area contributed by atoms with Gasteiger partial charge >= 0.3 is 0 Å². The molecular weight excluding hydrogens is 406 g/mol. The number of carbonyl (C=O) groups is 1. The number of rotatable bonds is 2. The highest BCUT2D eigenvalue weighted by Gasteiger charge is 2.33. The molecule has 3 aromatic heterocycles. The lowest BCUT2D eigenvalue weighted by Gasteiger charge is -2.30. The van der Waals surface area contributed by atoms with Crippen molar-refractivity contribution in [2.45, 2.75) is 58.2 Å². The van der Waals surface area contributed by atoms with Crippen LogP contribution in [0, 0.1) is 11.7 Å². The van der Waals surface area contributed by atoms with Gasteiger partial charge in [-0.1, -0.05) is 20.7 Å². The Kier molecular flexibility index (Phi) is 5.35. The summed E-state index contributed by atoms with van der Waals surface area (Å²) in [6.45, 7) is 7.10. The van der Waals surface area contributed by atoms with Crippen molar-refractivity contribution in [3.63, 3.8) is 0 Å². The first-order chi connectivity index (χ1) is 15.5. The maximum Gasteiger partial charge on any atom is 0.227 e. The average molecular weight is 434 g/mol. The van der Waals surface area contributed by atoms with Crippen molar-refractivity contribution < 1.29 is 9.18 Å². The third kappa shape index (κ3) is 3.53. The number of hydrogen-bond donors (Lipinski definition) is 1. The van der Waals surface area contributed by atoms with Crippen molar-refractivity contribution >= 4 is 30.3 Å². The molecule has 2 aliphatic heterocycles. The molecule has 1 unspecified atom stereocenters. The van der Waals surface area contributed by atoms with Gasteiger partial charge < -0.3 is 10.2 Å². The van der Waals surface area contributed by atoms with Gasteiger partial charge in [0.05, 0.1) is 18.4 Å². The second-order valence-electron chi connectivity index (χ2n) is 9.13. The van der Waals surface area contributed by atoms with Gasteiger partial charge in [0.25, 0.3) is 0 Å². The van der Waals surface area contributed by atoms with Gasteiger partial charge in [0.1, 0.15) is 24.6 Å². The summed E-state index contributed by atoms with van der Waals surface area (Å²) in [5.74, 6) is 0.565. The first-order valence-electron chi connectivity index (χ1n) is 11.6. The summed E-state index contributed by atoms with van der Waals surface area (Å²) in [5, 5.41) is 7.48. The average Bonchev–Trinajstić information content (AvgIpc) is 3.43. The smallest absolute Gasteiger partial charge is 0.227 e. The van der Waals surface area contributed by atoms with Gasteiger partial charge in [0.15, 0.2) is 5.65 Å². The van der Waals surface area contributed by atoms with Gasteiger partial charge in [0, 0.05) is 29.9 Å². The van der Waals surface area contributed by atoms with Crippen LogP contribution in [0.4, 0.5) is 15.9 Å². The van der Waals surface area contributed by atoms with Crippen LogP contribution in [0.2, 0.25) is 6.82 Å². The first kappa shape index (κ1) is 20.9. The Hall–Kier alpha value is -2.97. The van der Waals surface area contributed by atoms with Crippen LogP contribution in [0.25, 0.3) is 5.65 Å². The zero-order valence-corrected chi connectivity index (χ0v) is 18.8. The molecule has 0 radical (unpaired) electrons. The van der Waals surface area contributed by atoms with Crippen LogP contribution in [0.3, 0.4) is 0 Å². The van der Waals surface area contributed by atoms with Crippen LogP contribution < -0.4 is 10.2 Å². The fraction of sp³-hybridized carbons (Fsp3) is 0.478. The molecule has 0 saturated carbocycles. The first-order valence-corrected chi connectivity index (χ1v) is 11.6. The monoisotopic (exact) mass is 434 g/mol. The van der Waals surface area contributed by atoms with Gasteiger partial charge in [-0.3, -0.25) is 9.78 Å². The van der Waals surface area contributed by atoms with Crippen molar-refractivity contribution in [2.75, 3.05) is 16.8 Å². The summed E-state index contributed by atoms with van der Waals surface area (Å²) in [6.07, 6.45) is 8.18. The minimum atomic E-state index is -0.325. The van der Waals surface area contributed by atoms with Crippen LogP contribution in [0.1, 0.15) is 61.8 Å². The zero-order valence-electron chi connectivity index (χ0n) is 18.8. The molecule has 0 spiro atoms. The Bertz CT molecular complexity index is 1180. The largest absolute Gasteiger partial charge is 0.349 e. The number of nitrogens with zero attached hydrogens (tertiary/aromatic N) is 5. The van der Waals surface area contributed by atoms with Crippen molar-refractivity contribution in [1.82, 2.24) is 19.6 Å². The normalized spacial score (nSPS) is 21.9. The van der Waals surface area contributed by atoms with Crippen LogP contribution in [-0.4, -0.2) is 39.3 Å². The fourth-order valence-corrected chi connectivity index (χ4v) is 4.87. The molecular formula is C23H28BFN6O. The number of halogens is 1. The molecule has 3 aromatic rings. The predicted octanol–water partition coefficient (Wildman–Crippen LogP) is 3.67. The van der Waals surface area contributed by atoms with Crippen LogP contribution in [0.5, 0.6) is 0 Å². The van der Waals surface area contributed by atoms with E-state index in [0.717, 1.165) is 49.3 Å². The Labute approximate surface area is 187 Å². The van der Waals surface area contributed by atoms with E-state index < -0.39 is 0 Å². The summed E-state index contributed by atoms with van der Waals surface area (Å²) in [5.41, 5.74) is 4.16. The van der Waals surface area contributed by atoms with Crippen LogP contribution in [0.15, 0.2) is 24.7 Å². The minimum absolute atomic E-state index is 0.0112. The maximum absolute atomic E-state index is 14.3. The molecule has 1 fully saturated rings. The van der Waals surface area contributed by atoms with Gasteiger partial charge in [-0.05, 0) is 43.1 Å². The number of pyridine rings is 1. The number of hydrogen-bond acceptors (Lipinski definition) is 5. The van der Waals surface area contributed by atoms with Crippen molar-refractivity contribution in [1.29, 1.82) is 0 Å². The van der Waals surface area contributed by atoms with E-state index in [4.69, 9.17) is 4.98 Å². The summed E-state index contributed by atoms with van der Waals surface area (Å²) < 4.78 is 16.1. The van der Waals surface area contributed by atoms with Crippen LogP contribution in [-0.2, 0) is 11.2 Å². The summed E-state index contributed by atoms with van der Waals surface area (Å²) >= 11 is 0. The Morgan fingerprint density at radius 3 is 2.97 bits per heavy atom. The molecule has 5 rings (SSSR count). The van der Waals surface area contributed by atoms with E-state index in [2.05, 4.69) is 34.0 Å². The molecule has 1 amide bonds. The standard InChI is InChI=1S/C23H28BFN6O/c1-13-6-7-18-16(9-15(25)10-26-18)20-5-4-8-30(20)21-17(14(2)24-3)12-31-22(29-21)19(11-27-31)28-23(13)32/h9-14,20,24H,4-8H2,1-3H3,(H,28,32)/t13-,14?,20+/m0/s1. The number of amides is 1. The van der Waals surface area contributed by atoms with E-state index in [0.29, 0.717) is 24.2 Å².